The predicted octanol–water partition coefficient (Wildman–Crippen LogP) is 2.66. The maximum Gasteiger partial charge on any atom is 0.228 e. The first kappa shape index (κ1) is 24.2. The summed E-state index contributed by atoms with van der Waals surface area (Å²) in [5.74, 6) is 0.923. The maximum atomic E-state index is 12.8. The van der Waals surface area contributed by atoms with Crippen LogP contribution in [0.3, 0.4) is 0 Å². The highest BCUT2D eigenvalue weighted by molar-refractivity contribution is 5.83. The summed E-state index contributed by atoms with van der Waals surface area (Å²) in [5.41, 5.74) is 5.91. The van der Waals surface area contributed by atoms with E-state index in [-0.39, 0.29) is 5.91 Å². The van der Waals surface area contributed by atoms with E-state index >= 15 is 0 Å². The van der Waals surface area contributed by atoms with Crippen LogP contribution in [0.25, 0.3) is 28.0 Å². The van der Waals surface area contributed by atoms with Crippen molar-refractivity contribution in [2.24, 2.45) is 7.05 Å². The number of rotatable bonds is 5. The van der Waals surface area contributed by atoms with E-state index in [0.29, 0.717) is 55.1 Å². The minimum atomic E-state index is 0.0898. The van der Waals surface area contributed by atoms with Crippen LogP contribution in [0.2, 0.25) is 0 Å². The van der Waals surface area contributed by atoms with E-state index in [1.165, 1.54) is 0 Å². The van der Waals surface area contributed by atoms with Gasteiger partial charge in [0.25, 0.3) is 0 Å². The minimum Gasteiger partial charge on any atom is -0.353 e. The fraction of sp³-hybridized carbons (Fsp3) is 0.250. The Hall–Kier alpha value is -5.11. The molecular formula is C28H26N10O. The molecule has 0 radical (unpaired) electrons. The van der Waals surface area contributed by atoms with Gasteiger partial charge in [0.2, 0.25) is 5.91 Å². The van der Waals surface area contributed by atoms with Crippen LogP contribution in [-0.2, 0) is 18.3 Å². The molecule has 6 heterocycles. The molecule has 1 fully saturated rings. The van der Waals surface area contributed by atoms with Crippen molar-refractivity contribution in [3.63, 3.8) is 0 Å². The Kier molecular flexibility index (Phi) is 6.20. The number of piperazine rings is 1. The summed E-state index contributed by atoms with van der Waals surface area (Å²) in [6.45, 7) is 4.63. The van der Waals surface area contributed by atoms with Gasteiger partial charge in [-0.05, 0) is 30.7 Å². The van der Waals surface area contributed by atoms with Gasteiger partial charge in [-0.15, -0.1) is 0 Å². The minimum absolute atomic E-state index is 0.0898. The summed E-state index contributed by atoms with van der Waals surface area (Å²) in [7, 11) is 1.85. The zero-order chi connectivity index (χ0) is 26.9. The zero-order valence-corrected chi connectivity index (χ0v) is 21.7. The molecular weight excluding hydrogens is 492 g/mol. The molecule has 0 aromatic carbocycles. The highest BCUT2D eigenvalue weighted by atomic mass is 16.2. The van der Waals surface area contributed by atoms with E-state index in [9.17, 15) is 10.1 Å². The number of hydrogen-bond acceptors (Lipinski definition) is 8. The second-order valence-corrected chi connectivity index (χ2v) is 9.62. The number of aromatic nitrogens is 7. The molecule has 0 spiro atoms. The SMILES string of the molecule is Cc1ccc(CC(=O)N2CCN(c3ccc(-c4nc(-c5cnn(C)c5)cn5ncc(C#N)c45)cn3)CC2)nc1. The lowest BCUT2D eigenvalue weighted by atomic mass is 10.1. The molecule has 1 aliphatic heterocycles. The molecule has 1 amide bonds. The van der Waals surface area contributed by atoms with Crippen molar-refractivity contribution in [3.05, 3.63) is 78.3 Å². The summed E-state index contributed by atoms with van der Waals surface area (Å²) >= 11 is 0. The summed E-state index contributed by atoms with van der Waals surface area (Å²) < 4.78 is 3.40. The quantitative estimate of drug-likeness (QED) is 0.348. The Bertz CT molecular complexity index is 1690. The van der Waals surface area contributed by atoms with Gasteiger partial charge in [0, 0.05) is 68.6 Å². The summed E-state index contributed by atoms with van der Waals surface area (Å²) in [4.78, 5) is 30.8. The van der Waals surface area contributed by atoms with Crippen LogP contribution in [-0.4, -0.2) is 71.3 Å². The van der Waals surface area contributed by atoms with E-state index < -0.39 is 0 Å². The maximum absolute atomic E-state index is 12.8. The largest absolute Gasteiger partial charge is 0.353 e. The van der Waals surface area contributed by atoms with Gasteiger partial charge in [0.05, 0.1) is 36.4 Å². The molecule has 0 unspecified atom stereocenters. The molecule has 194 valence electrons. The average Bonchev–Trinajstić information content (AvgIpc) is 3.60. The van der Waals surface area contributed by atoms with Crippen molar-refractivity contribution < 1.29 is 4.79 Å². The Morgan fingerprint density at radius 1 is 0.949 bits per heavy atom. The Balaban J connectivity index is 1.20. The average molecular weight is 519 g/mol. The first-order valence-electron chi connectivity index (χ1n) is 12.7. The van der Waals surface area contributed by atoms with E-state index in [2.05, 4.69) is 26.2 Å². The number of hydrogen-bond donors (Lipinski definition) is 0. The lowest BCUT2D eigenvalue weighted by Crippen LogP contribution is -2.49. The molecule has 0 bridgehead atoms. The second kappa shape index (κ2) is 9.98. The van der Waals surface area contributed by atoms with Crippen LogP contribution in [0.1, 0.15) is 16.8 Å². The molecule has 0 saturated carbocycles. The third kappa shape index (κ3) is 4.80. The van der Waals surface area contributed by atoms with Gasteiger partial charge in [-0.1, -0.05) is 6.07 Å². The highest BCUT2D eigenvalue weighted by Crippen LogP contribution is 2.29. The van der Waals surface area contributed by atoms with E-state index in [0.717, 1.165) is 28.2 Å². The van der Waals surface area contributed by atoms with Crippen molar-refractivity contribution in [1.29, 1.82) is 5.26 Å². The van der Waals surface area contributed by atoms with Crippen LogP contribution < -0.4 is 4.90 Å². The van der Waals surface area contributed by atoms with E-state index in [1.54, 1.807) is 40.2 Å². The van der Waals surface area contributed by atoms with Gasteiger partial charge >= 0.3 is 0 Å². The van der Waals surface area contributed by atoms with Crippen molar-refractivity contribution in [1.82, 2.24) is 39.2 Å². The number of amides is 1. The van der Waals surface area contributed by atoms with Gasteiger partial charge in [0.1, 0.15) is 23.0 Å². The van der Waals surface area contributed by atoms with Gasteiger partial charge in [-0.2, -0.15) is 15.5 Å². The van der Waals surface area contributed by atoms with Crippen LogP contribution in [0.5, 0.6) is 0 Å². The van der Waals surface area contributed by atoms with Crippen molar-refractivity contribution in [2.75, 3.05) is 31.1 Å². The monoisotopic (exact) mass is 518 g/mol. The number of pyridine rings is 2. The van der Waals surface area contributed by atoms with Crippen molar-refractivity contribution in [2.45, 2.75) is 13.3 Å². The molecule has 6 rings (SSSR count). The number of carbonyl (C=O) groups is 1. The van der Waals surface area contributed by atoms with Gasteiger partial charge in [0.15, 0.2) is 0 Å². The molecule has 1 saturated heterocycles. The summed E-state index contributed by atoms with van der Waals surface area (Å²) in [5, 5.41) is 18.3. The molecule has 0 N–H and O–H groups in total. The molecule has 0 aliphatic carbocycles. The van der Waals surface area contributed by atoms with Crippen LogP contribution in [0, 0.1) is 18.3 Å². The zero-order valence-electron chi connectivity index (χ0n) is 21.7. The Morgan fingerprint density at radius 2 is 1.79 bits per heavy atom. The van der Waals surface area contributed by atoms with Crippen LogP contribution in [0.4, 0.5) is 5.82 Å². The van der Waals surface area contributed by atoms with Gasteiger partial charge < -0.3 is 9.80 Å². The third-order valence-electron chi connectivity index (χ3n) is 6.90. The summed E-state index contributed by atoms with van der Waals surface area (Å²) in [6.07, 6.45) is 10.9. The number of nitrogens with zero attached hydrogens (tertiary/aromatic N) is 10. The molecule has 11 nitrogen and oxygen atoms in total. The number of anilines is 1. The number of nitriles is 1. The highest BCUT2D eigenvalue weighted by Gasteiger charge is 2.23. The lowest BCUT2D eigenvalue weighted by Gasteiger charge is -2.35. The van der Waals surface area contributed by atoms with Crippen LogP contribution in [0.15, 0.2) is 61.4 Å². The number of carbonyl (C=O) groups excluding carboxylic acids is 1. The Morgan fingerprint density at radius 3 is 2.46 bits per heavy atom. The Labute approximate surface area is 225 Å². The number of fused-ring (bicyclic) bond motifs is 1. The van der Waals surface area contributed by atoms with Gasteiger partial charge in [-0.3, -0.25) is 14.5 Å². The molecule has 0 atom stereocenters. The number of aryl methyl sites for hydroxylation is 2. The summed E-state index contributed by atoms with van der Waals surface area (Å²) in [6, 6.07) is 10.0. The van der Waals surface area contributed by atoms with Crippen LogP contribution >= 0.6 is 0 Å². The fourth-order valence-electron chi connectivity index (χ4n) is 4.76. The van der Waals surface area contributed by atoms with Gasteiger partial charge in [-0.25, -0.2) is 14.5 Å². The van der Waals surface area contributed by atoms with E-state index in [4.69, 9.17) is 9.97 Å². The normalized spacial score (nSPS) is 13.6. The lowest BCUT2D eigenvalue weighted by molar-refractivity contribution is -0.130. The molecule has 39 heavy (non-hydrogen) atoms. The standard InChI is InChI=1S/C28H26N10O/c1-19-3-5-23(30-13-19)11-26(39)37-9-7-36(8-10-37)25-6-4-20(14-31-25)27-28-21(12-29)15-33-38(28)18-24(34-27)22-16-32-35(2)17-22/h3-6,13-18H,7-11H2,1-2H3. The second-order valence-electron chi connectivity index (χ2n) is 9.62. The first-order valence-corrected chi connectivity index (χ1v) is 12.7. The van der Waals surface area contributed by atoms with E-state index in [1.807, 2.05) is 49.3 Å². The smallest absolute Gasteiger partial charge is 0.228 e. The molecule has 5 aromatic heterocycles. The topological polar surface area (TPSA) is 121 Å². The molecule has 1 aliphatic rings. The van der Waals surface area contributed by atoms with Crippen molar-refractivity contribution in [3.8, 4) is 28.6 Å². The first-order chi connectivity index (χ1) is 19.0. The third-order valence-corrected chi connectivity index (χ3v) is 6.90. The molecule has 5 aromatic rings. The fourth-order valence-corrected chi connectivity index (χ4v) is 4.76. The predicted molar refractivity (Wildman–Crippen MR) is 145 cm³/mol. The van der Waals surface area contributed by atoms with Crippen molar-refractivity contribution >= 4 is 17.2 Å². The molecule has 11 heteroatoms.